The van der Waals surface area contributed by atoms with Crippen LogP contribution in [0.4, 0.5) is 5.00 Å². The van der Waals surface area contributed by atoms with Crippen LogP contribution in [0.15, 0.2) is 41.8 Å². The second kappa shape index (κ2) is 11.0. The highest BCUT2D eigenvalue weighted by Gasteiger charge is 2.23. The minimum Gasteiger partial charge on any atom is -0.494 e. The minimum atomic E-state index is -0.482. The van der Waals surface area contributed by atoms with E-state index >= 15 is 0 Å². The Kier molecular flexibility index (Phi) is 8.11. The summed E-state index contributed by atoms with van der Waals surface area (Å²) in [7, 11) is 0. The van der Waals surface area contributed by atoms with Crippen LogP contribution in [0.1, 0.15) is 40.9 Å². The highest BCUT2D eigenvalue weighted by Crippen LogP contribution is 2.37. The van der Waals surface area contributed by atoms with Crippen LogP contribution in [0.2, 0.25) is 0 Å². The van der Waals surface area contributed by atoms with E-state index in [-0.39, 0.29) is 19.1 Å². The number of hydrogen-bond donors (Lipinski definition) is 1. The molecular formula is C26H29NO5S. The minimum absolute atomic E-state index is 0.163. The first-order valence-electron chi connectivity index (χ1n) is 10.9. The number of esters is 1. The van der Waals surface area contributed by atoms with Gasteiger partial charge in [-0.1, -0.05) is 24.3 Å². The van der Waals surface area contributed by atoms with Gasteiger partial charge in [0, 0.05) is 10.9 Å². The van der Waals surface area contributed by atoms with Crippen LogP contribution >= 0.6 is 11.3 Å². The van der Waals surface area contributed by atoms with Gasteiger partial charge in [-0.25, -0.2) is 4.79 Å². The molecule has 33 heavy (non-hydrogen) atoms. The summed E-state index contributed by atoms with van der Waals surface area (Å²) in [4.78, 5) is 25.4. The Labute approximate surface area is 198 Å². The first-order valence-corrected chi connectivity index (χ1v) is 11.7. The van der Waals surface area contributed by atoms with Crippen molar-refractivity contribution in [3.05, 3.63) is 64.0 Å². The summed E-state index contributed by atoms with van der Waals surface area (Å²) in [6.07, 6.45) is 0. The van der Waals surface area contributed by atoms with Crippen molar-refractivity contribution >= 4 is 28.2 Å². The van der Waals surface area contributed by atoms with Crippen molar-refractivity contribution in [1.29, 1.82) is 0 Å². The summed E-state index contributed by atoms with van der Waals surface area (Å²) in [6.45, 7) is 10.2. The van der Waals surface area contributed by atoms with E-state index in [4.69, 9.17) is 14.2 Å². The number of rotatable bonds is 9. The molecule has 0 aliphatic heterocycles. The molecule has 2 aromatic carbocycles. The van der Waals surface area contributed by atoms with Gasteiger partial charge in [0.2, 0.25) is 0 Å². The van der Waals surface area contributed by atoms with Crippen LogP contribution in [-0.2, 0) is 9.53 Å². The first-order chi connectivity index (χ1) is 15.8. The molecule has 1 aromatic heterocycles. The molecule has 0 saturated heterocycles. The van der Waals surface area contributed by atoms with E-state index < -0.39 is 5.97 Å². The van der Waals surface area contributed by atoms with Crippen molar-refractivity contribution in [2.24, 2.45) is 0 Å². The Hall–Kier alpha value is -3.32. The van der Waals surface area contributed by atoms with Gasteiger partial charge in [0.1, 0.15) is 22.1 Å². The first kappa shape index (κ1) is 24.3. The van der Waals surface area contributed by atoms with Crippen LogP contribution in [0, 0.1) is 20.8 Å². The fourth-order valence-electron chi connectivity index (χ4n) is 3.41. The van der Waals surface area contributed by atoms with Crippen LogP contribution in [0.25, 0.3) is 11.1 Å². The molecule has 0 spiro atoms. The molecule has 0 aliphatic rings. The maximum absolute atomic E-state index is 12.8. The van der Waals surface area contributed by atoms with Crippen LogP contribution < -0.4 is 14.8 Å². The molecule has 3 rings (SSSR count). The molecule has 1 heterocycles. The Morgan fingerprint density at radius 2 is 1.61 bits per heavy atom. The molecule has 1 amide bonds. The fraction of sp³-hybridized carbons (Fsp3) is 0.308. The van der Waals surface area contributed by atoms with Gasteiger partial charge >= 0.3 is 5.97 Å². The molecule has 6 nitrogen and oxygen atoms in total. The summed E-state index contributed by atoms with van der Waals surface area (Å²) in [5.41, 5.74) is 4.93. The van der Waals surface area contributed by atoms with Crippen LogP contribution in [-0.4, -0.2) is 31.7 Å². The molecule has 0 atom stereocenters. The number of ether oxygens (including phenoxy) is 3. The highest BCUT2D eigenvalue weighted by molar-refractivity contribution is 7.15. The van der Waals surface area contributed by atoms with Crippen LogP contribution in [0.5, 0.6) is 11.5 Å². The molecule has 0 radical (unpaired) electrons. The second-order valence-electron chi connectivity index (χ2n) is 7.52. The number of amides is 1. The lowest BCUT2D eigenvalue weighted by atomic mass is 10.0. The van der Waals surface area contributed by atoms with Crippen molar-refractivity contribution in [2.75, 3.05) is 25.1 Å². The van der Waals surface area contributed by atoms with Gasteiger partial charge in [0.15, 0.2) is 6.61 Å². The standard InChI is InChI=1S/C26H29NO5S/c1-6-30-20-12-10-19(11-13-20)21-15-33-25(23(21)26(29)31-7-2)27-22(28)14-32-24-17(4)9-8-16(3)18(24)5/h8-13,15H,6-7,14H2,1-5H3,(H,27,28). The lowest BCUT2D eigenvalue weighted by molar-refractivity contribution is -0.118. The number of aryl methyl sites for hydroxylation is 2. The third-order valence-electron chi connectivity index (χ3n) is 5.22. The topological polar surface area (TPSA) is 73.9 Å². The molecule has 1 N–H and O–H groups in total. The third-order valence-corrected chi connectivity index (χ3v) is 6.12. The third kappa shape index (κ3) is 5.73. The number of nitrogens with one attached hydrogen (secondary N) is 1. The summed E-state index contributed by atoms with van der Waals surface area (Å²) in [6, 6.07) is 11.5. The van der Waals surface area contributed by atoms with Crippen LogP contribution in [0.3, 0.4) is 0 Å². The smallest absolute Gasteiger partial charge is 0.341 e. The Bertz CT molecular complexity index is 1130. The molecule has 0 aliphatic carbocycles. The summed E-state index contributed by atoms with van der Waals surface area (Å²) in [5, 5.41) is 5.10. The fourth-order valence-corrected chi connectivity index (χ4v) is 4.39. The van der Waals surface area contributed by atoms with E-state index in [1.165, 1.54) is 11.3 Å². The zero-order valence-corrected chi connectivity index (χ0v) is 20.4. The van der Waals surface area contributed by atoms with Crippen molar-refractivity contribution in [3.8, 4) is 22.6 Å². The largest absolute Gasteiger partial charge is 0.494 e. The maximum atomic E-state index is 12.8. The zero-order valence-electron chi connectivity index (χ0n) is 19.6. The lowest BCUT2D eigenvalue weighted by Crippen LogP contribution is -2.21. The molecule has 0 unspecified atom stereocenters. The maximum Gasteiger partial charge on any atom is 0.341 e. The number of thiophene rings is 1. The molecule has 174 valence electrons. The predicted molar refractivity (Wildman–Crippen MR) is 132 cm³/mol. The number of carbonyl (C=O) groups is 2. The summed E-state index contributed by atoms with van der Waals surface area (Å²) < 4.78 is 16.6. The lowest BCUT2D eigenvalue weighted by Gasteiger charge is -2.14. The molecule has 0 saturated carbocycles. The predicted octanol–water partition coefficient (Wildman–Crippen LogP) is 5.93. The monoisotopic (exact) mass is 467 g/mol. The van der Waals surface area contributed by atoms with Crippen molar-refractivity contribution in [2.45, 2.75) is 34.6 Å². The summed E-state index contributed by atoms with van der Waals surface area (Å²) >= 11 is 1.28. The Balaban J connectivity index is 1.82. The highest BCUT2D eigenvalue weighted by atomic mass is 32.1. The van der Waals surface area contributed by atoms with Gasteiger partial charge in [-0.2, -0.15) is 0 Å². The molecule has 3 aromatic rings. The van der Waals surface area contributed by atoms with E-state index in [1.54, 1.807) is 6.92 Å². The van der Waals surface area contributed by atoms with Gasteiger partial charge in [-0.3, -0.25) is 4.79 Å². The van der Waals surface area contributed by atoms with E-state index in [0.29, 0.717) is 28.5 Å². The quantitative estimate of drug-likeness (QED) is 0.395. The number of anilines is 1. The number of hydrogen-bond acceptors (Lipinski definition) is 6. The molecule has 0 bridgehead atoms. The van der Waals surface area contributed by atoms with Crippen molar-refractivity contribution in [1.82, 2.24) is 0 Å². The van der Waals surface area contributed by atoms with Gasteiger partial charge in [-0.15, -0.1) is 11.3 Å². The summed E-state index contributed by atoms with van der Waals surface area (Å²) in [5.74, 6) is 0.628. The van der Waals surface area contributed by atoms with Gasteiger partial charge in [0.05, 0.1) is 13.2 Å². The normalized spacial score (nSPS) is 10.6. The second-order valence-corrected chi connectivity index (χ2v) is 8.40. The van der Waals surface area contributed by atoms with Crippen molar-refractivity contribution < 1.29 is 23.8 Å². The molecular weight excluding hydrogens is 438 g/mol. The average Bonchev–Trinajstić information content (AvgIpc) is 3.21. The van der Waals surface area contributed by atoms with Gasteiger partial charge in [0.25, 0.3) is 5.91 Å². The number of carbonyl (C=O) groups excluding carboxylic acids is 2. The van der Waals surface area contributed by atoms with Gasteiger partial charge < -0.3 is 19.5 Å². The SMILES string of the molecule is CCOC(=O)c1c(-c2ccc(OCC)cc2)csc1NC(=O)COc1c(C)ccc(C)c1C. The van der Waals surface area contributed by atoms with Crippen molar-refractivity contribution in [3.63, 3.8) is 0 Å². The van der Waals surface area contributed by atoms with Gasteiger partial charge in [-0.05, 0) is 69.0 Å². The Morgan fingerprint density at radius 1 is 0.909 bits per heavy atom. The van der Waals surface area contributed by atoms with E-state index in [0.717, 1.165) is 28.0 Å². The number of benzene rings is 2. The average molecular weight is 468 g/mol. The molecule has 0 fully saturated rings. The zero-order chi connectivity index (χ0) is 24.0. The van der Waals surface area contributed by atoms with E-state index in [9.17, 15) is 9.59 Å². The van der Waals surface area contributed by atoms with E-state index in [1.807, 2.05) is 69.5 Å². The Morgan fingerprint density at radius 3 is 2.27 bits per heavy atom. The van der Waals surface area contributed by atoms with E-state index in [2.05, 4.69) is 5.32 Å². The molecule has 7 heteroatoms.